The zero-order valence-electron chi connectivity index (χ0n) is 14.5. The Hall–Kier alpha value is -3.01. The summed E-state index contributed by atoms with van der Waals surface area (Å²) in [5, 5.41) is 5.18. The zero-order valence-corrected chi connectivity index (χ0v) is 14.5. The Bertz CT molecular complexity index is 929. The minimum absolute atomic E-state index is 0.0969. The Morgan fingerprint density at radius 1 is 0.923 bits per heavy atom. The first-order valence-corrected chi connectivity index (χ1v) is 8.60. The fourth-order valence-electron chi connectivity index (χ4n) is 3.03. The van der Waals surface area contributed by atoms with Crippen LogP contribution in [0.5, 0.6) is 0 Å². The van der Waals surface area contributed by atoms with Crippen molar-refractivity contribution in [3.8, 4) is 0 Å². The van der Waals surface area contributed by atoms with Crippen molar-refractivity contribution >= 4 is 22.5 Å². The van der Waals surface area contributed by atoms with Gasteiger partial charge in [0.15, 0.2) is 5.78 Å². The summed E-state index contributed by atoms with van der Waals surface area (Å²) in [5.74, 6) is -0.734. The summed E-state index contributed by atoms with van der Waals surface area (Å²) in [7, 11) is 0. The Kier molecular flexibility index (Phi) is 5.42. The summed E-state index contributed by atoms with van der Waals surface area (Å²) in [6, 6.07) is 19.2. The van der Waals surface area contributed by atoms with Gasteiger partial charge in [-0.05, 0) is 47.5 Å². The van der Waals surface area contributed by atoms with Gasteiger partial charge in [0.05, 0.1) is 6.04 Å². The number of benzene rings is 3. The van der Waals surface area contributed by atoms with Crippen molar-refractivity contribution in [3.05, 3.63) is 83.7 Å². The number of hydrogen-bond acceptors (Lipinski definition) is 2. The minimum Gasteiger partial charge on any atom is -0.350 e. The topological polar surface area (TPSA) is 46.2 Å². The van der Waals surface area contributed by atoms with E-state index in [1.165, 1.54) is 24.3 Å². The predicted octanol–water partition coefficient (Wildman–Crippen LogP) is 4.82. The number of halogens is 1. The van der Waals surface area contributed by atoms with Gasteiger partial charge in [0.1, 0.15) is 5.82 Å². The normalized spacial score (nSPS) is 11.9. The van der Waals surface area contributed by atoms with E-state index in [1.807, 2.05) is 49.4 Å². The predicted molar refractivity (Wildman–Crippen MR) is 100 cm³/mol. The molecule has 1 atom stereocenters. The molecule has 0 unspecified atom stereocenters. The van der Waals surface area contributed by atoms with E-state index in [1.54, 1.807) is 0 Å². The number of carbonyl (C=O) groups is 2. The lowest BCUT2D eigenvalue weighted by Crippen LogP contribution is -2.27. The van der Waals surface area contributed by atoms with E-state index >= 15 is 0 Å². The first-order valence-electron chi connectivity index (χ1n) is 8.60. The standard InChI is InChI=1S/C22H20FNO2/c1-15(19-8-4-6-16-5-2-3-7-20(16)19)24-22(26)14-13-21(25)17-9-11-18(23)12-10-17/h2-12,15H,13-14H2,1H3,(H,24,26)/t15-/m1/s1. The van der Waals surface area contributed by atoms with E-state index in [9.17, 15) is 14.0 Å². The highest BCUT2D eigenvalue weighted by Gasteiger charge is 2.14. The average molecular weight is 349 g/mol. The van der Waals surface area contributed by atoms with Crippen LogP contribution >= 0.6 is 0 Å². The summed E-state index contributed by atoms with van der Waals surface area (Å²) in [6.45, 7) is 1.93. The van der Waals surface area contributed by atoms with Crippen LogP contribution in [0.1, 0.15) is 41.7 Å². The maximum Gasteiger partial charge on any atom is 0.220 e. The van der Waals surface area contributed by atoms with Crippen LogP contribution in [-0.4, -0.2) is 11.7 Å². The lowest BCUT2D eigenvalue weighted by molar-refractivity contribution is -0.121. The molecule has 3 rings (SSSR count). The van der Waals surface area contributed by atoms with Gasteiger partial charge >= 0.3 is 0 Å². The van der Waals surface area contributed by atoms with E-state index in [0.29, 0.717) is 5.56 Å². The molecule has 0 saturated heterocycles. The minimum atomic E-state index is -0.386. The Morgan fingerprint density at radius 2 is 1.62 bits per heavy atom. The Labute approximate surface area is 151 Å². The maximum atomic E-state index is 12.9. The van der Waals surface area contributed by atoms with Gasteiger partial charge in [0.25, 0.3) is 0 Å². The molecule has 0 radical (unpaired) electrons. The van der Waals surface area contributed by atoms with Crippen LogP contribution in [0.25, 0.3) is 10.8 Å². The number of fused-ring (bicyclic) bond motifs is 1. The number of nitrogens with one attached hydrogen (secondary N) is 1. The fraction of sp³-hybridized carbons (Fsp3) is 0.182. The van der Waals surface area contributed by atoms with Crippen LogP contribution in [-0.2, 0) is 4.79 Å². The molecule has 132 valence electrons. The zero-order chi connectivity index (χ0) is 18.5. The number of rotatable bonds is 6. The summed E-state index contributed by atoms with van der Waals surface area (Å²) in [5.41, 5.74) is 1.46. The van der Waals surface area contributed by atoms with E-state index in [0.717, 1.165) is 16.3 Å². The van der Waals surface area contributed by atoms with E-state index < -0.39 is 0 Å². The van der Waals surface area contributed by atoms with E-state index in [2.05, 4.69) is 5.32 Å². The molecule has 4 heteroatoms. The molecule has 3 aromatic rings. The summed E-state index contributed by atoms with van der Waals surface area (Å²) < 4.78 is 12.9. The fourth-order valence-corrected chi connectivity index (χ4v) is 3.03. The van der Waals surface area contributed by atoms with E-state index in [-0.39, 0.29) is 36.4 Å². The van der Waals surface area contributed by atoms with Crippen LogP contribution < -0.4 is 5.32 Å². The molecule has 26 heavy (non-hydrogen) atoms. The average Bonchev–Trinajstić information content (AvgIpc) is 2.66. The monoisotopic (exact) mass is 349 g/mol. The molecule has 1 amide bonds. The summed E-state index contributed by atoms with van der Waals surface area (Å²) in [4.78, 5) is 24.3. The summed E-state index contributed by atoms with van der Waals surface area (Å²) in [6.07, 6.45) is 0.199. The Balaban J connectivity index is 1.60. The third-order valence-corrected chi connectivity index (χ3v) is 4.41. The number of amides is 1. The quantitative estimate of drug-likeness (QED) is 0.649. The van der Waals surface area contributed by atoms with Crippen LogP contribution in [0.4, 0.5) is 4.39 Å². The van der Waals surface area contributed by atoms with Crippen molar-refractivity contribution in [3.63, 3.8) is 0 Å². The molecule has 0 aliphatic heterocycles. The van der Waals surface area contributed by atoms with Crippen LogP contribution in [0.2, 0.25) is 0 Å². The van der Waals surface area contributed by atoms with Gasteiger partial charge in [-0.15, -0.1) is 0 Å². The van der Waals surface area contributed by atoms with Gasteiger partial charge in [-0.2, -0.15) is 0 Å². The highest BCUT2D eigenvalue weighted by molar-refractivity contribution is 5.98. The van der Waals surface area contributed by atoms with Crippen molar-refractivity contribution in [2.24, 2.45) is 0 Å². The largest absolute Gasteiger partial charge is 0.350 e. The van der Waals surface area contributed by atoms with Gasteiger partial charge in [0, 0.05) is 18.4 Å². The van der Waals surface area contributed by atoms with Gasteiger partial charge in [0.2, 0.25) is 5.91 Å². The van der Waals surface area contributed by atoms with Gasteiger partial charge < -0.3 is 5.32 Å². The molecule has 0 fully saturated rings. The molecule has 3 nitrogen and oxygen atoms in total. The van der Waals surface area contributed by atoms with Crippen molar-refractivity contribution in [1.82, 2.24) is 5.32 Å². The highest BCUT2D eigenvalue weighted by Crippen LogP contribution is 2.24. The molecule has 0 bridgehead atoms. The van der Waals surface area contributed by atoms with Gasteiger partial charge in [-0.3, -0.25) is 9.59 Å². The molecule has 0 spiro atoms. The number of hydrogen-bond donors (Lipinski definition) is 1. The first-order chi connectivity index (χ1) is 12.5. The number of Topliss-reactive ketones (excluding diaryl/α,β-unsaturated/α-hetero) is 1. The van der Waals surface area contributed by atoms with E-state index in [4.69, 9.17) is 0 Å². The second-order valence-corrected chi connectivity index (χ2v) is 6.29. The number of carbonyl (C=O) groups excluding carboxylic acids is 2. The van der Waals surface area contributed by atoms with Crippen molar-refractivity contribution < 1.29 is 14.0 Å². The highest BCUT2D eigenvalue weighted by atomic mass is 19.1. The maximum absolute atomic E-state index is 12.9. The third kappa shape index (κ3) is 4.14. The molecule has 1 N–H and O–H groups in total. The molecular weight excluding hydrogens is 329 g/mol. The van der Waals surface area contributed by atoms with Crippen LogP contribution in [0, 0.1) is 5.82 Å². The van der Waals surface area contributed by atoms with Crippen LogP contribution in [0.15, 0.2) is 66.7 Å². The second kappa shape index (κ2) is 7.91. The SMILES string of the molecule is C[C@@H](NC(=O)CCC(=O)c1ccc(F)cc1)c1cccc2ccccc12. The third-order valence-electron chi connectivity index (χ3n) is 4.41. The van der Waals surface area contributed by atoms with Crippen molar-refractivity contribution in [2.45, 2.75) is 25.8 Å². The molecule has 0 saturated carbocycles. The lowest BCUT2D eigenvalue weighted by atomic mass is 9.99. The smallest absolute Gasteiger partial charge is 0.220 e. The molecule has 0 aromatic heterocycles. The number of ketones is 1. The second-order valence-electron chi connectivity index (χ2n) is 6.29. The molecular formula is C22H20FNO2. The van der Waals surface area contributed by atoms with Gasteiger partial charge in [-0.1, -0.05) is 42.5 Å². The molecule has 0 aliphatic carbocycles. The Morgan fingerprint density at radius 3 is 2.38 bits per heavy atom. The molecule has 3 aromatic carbocycles. The van der Waals surface area contributed by atoms with Crippen molar-refractivity contribution in [2.75, 3.05) is 0 Å². The molecule has 0 heterocycles. The van der Waals surface area contributed by atoms with Crippen molar-refractivity contribution in [1.29, 1.82) is 0 Å². The lowest BCUT2D eigenvalue weighted by Gasteiger charge is -2.16. The van der Waals surface area contributed by atoms with Crippen LogP contribution in [0.3, 0.4) is 0 Å². The first kappa shape index (κ1) is 17.8. The molecule has 0 aliphatic rings. The summed E-state index contributed by atoms with van der Waals surface area (Å²) >= 11 is 0. The van der Waals surface area contributed by atoms with Gasteiger partial charge in [-0.25, -0.2) is 4.39 Å².